The van der Waals surface area contributed by atoms with Gasteiger partial charge < -0.3 is 19.5 Å². The van der Waals surface area contributed by atoms with Crippen molar-refractivity contribution in [2.75, 3.05) is 13.2 Å². The summed E-state index contributed by atoms with van der Waals surface area (Å²) in [4.78, 5) is 18.2. The van der Waals surface area contributed by atoms with E-state index < -0.39 is 5.60 Å². The molecule has 6 nitrogen and oxygen atoms in total. The number of rotatable bonds is 7. The van der Waals surface area contributed by atoms with Crippen molar-refractivity contribution in [3.63, 3.8) is 0 Å². The highest BCUT2D eigenvalue weighted by Gasteiger charge is 2.35. The Labute approximate surface area is 172 Å². The van der Waals surface area contributed by atoms with E-state index in [0.717, 1.165) is 30.4 Å². The summed E-state index contributed by atoms with van der Waals surface area (Å²) in [6, 6.07) is 10.0. The molecular weight excluding hydrogens is 368 g/mol. The van der Waals surface area contributed by atoms with Crippen molar-refractivity contribution in [3.8, 4) is 5.75 Å². The minimum Gasteiger partial charge on any atom is -0.490 e. The van der Waals surface area contributed by atoms with Crippen LogP contribution in [0.2, 0.25) is 0 Å². The summed E-state index contributed by atoms with van der Waals surface area (Å²) < 4.78 is 11.3. The molecule has 0 unspecified atom stereocenters. The average Bonchev–Trinajstić information content (AvgIpc) is 2.64. The Kier molecular flexibility index (Phi) is 6.75. The summed E-state index contributed by atoms with van der Waals surface area (Å²) in [6.07, 6.45) is 5.88. The van der Waals surface area contributed by atoms with E-state index in [4.69, 9.17) is 9.47 Å². The SMILES string of the molecule is CC(C)(C)OC(=O)N1CC[C@H]1COc1cncc(CCc2cccc(CO)c2)c1. The molecule has 1 aliphatic rings. The van der Waals surface area contributed by atoms with Crippen LogP contribution in [0.25, 0.3) is 0 Å². The Morgan fingerprint density at radius 1 is 1.17 bits per heavy atom. The van der Waals surface area contributed by atoms with Crippen LogP contribution >= 0.6 is 0 Å². The van der Waals surface area contributed by atoms with Gasteiger partial charge in [0.1, 0.15) is 18.0 Å². The van der Waals surface area contributed by atoms with Gasteiger partial charge in [-0.3, -0.25) is 4.98 Å². The zero-order valence-electron chi connectivity index (χ0n) is 17.4. The van der Waals surface area contributed by atoms with Gasteiger partial charge in [0.05, 0.1) is 18.8 Å². The van der Waals surface area contributed by atoms with Crippen molar-refractivity contribution in [2.45, 2.75) is 58.3 Å². The molecule has 0 saturated carbocycles. The maximum Gasteiger partial charge on any atom is 0.410 e. The summed E-state index contributed by atoms with van der Waals surface area (Å²) in [6.45, 7) is 6.80. The number of nitrogens with zero attached hydrogens (tertiary/aromatic N) is 2. The molecular formula is C23H30N2O4. The van der Waals surface area contributed by atoms with Crippen molar-refractivity contribution in [1.82, 2.24) is 9.88 Å². The second kappa shape index (κ2) is 9.27. The lowest BCUT2D eigenvalue weighted by Gasteiger charge is -2.40. The van der Waals surface area contributed by atoms with Crippen LogP contribution in [0.15, 0.2) is 42.7 Å². The quantitative estimate of drug-likeness (QED) is 0.769. The number of aliphatic hydroxyl groups excluding tert-OH is 1. The van der Waals surface area contributed by atoms with Crippen LogP contribution < -0.4 is 4.74 Å². The van der Waals surface area contributed by atoms with Crippen LogP contribution in [0.3, 0.4) is 0 Å². The molecule has 0 radical (unpaired) electrons. The molecule has 1 aromatic carbocycles. The van der Waals surface area contributed by atoms with E-state index in [1.807, 2.05) is 51.2 Å². The zero-order chi connectivity index (χ0) is 20.9. The number of pyridine rings is 1. The molecule has 1 atom stereocenters. The lowest BCUT2D eigenvalue weighted by molar-refractivity contribution is -0.0141. The van der Waals surface area contributed by atoms with E-state index in [-0.39, 0.29) is 18.7 Å². The minimum absolute atomic E-state index is 0.0368. The predicted molar refractivity (Wildman–Crippen MR) is 111 cm³/mol. The van der Waals surface area contributed by atoms with E-state index in [0.29, 0.717) is 18.9 Å². The molecule has 1 saturated heterocycles. The van der Waals surface area contributed by atoms with Gasteiger partial charge in [-0.1, -0.05) is 24.3 Å². The number of hydrogen-bond acceptors (Lipinski definition) is 5. The first kappa shape index (κ1) is 21.1. The molecule has 6 heteroatoms. The first-order valence-electron chi connectivity index (χ1n) is 10.1. The van der Waals surface area contributed by atoms with Gasteiger partial charge in [-0.15, -0.1) is 0 Å². The summed E-state index contributed by atoms with van der Waals surface area (Å²) in [5.41, 5.74) is 2.71. The maximum atomic E-state index is 12.2. The summed E-state index contributed by atoms with van der Waals surface area (Å²) >= 11 is 0. The number of ether oxygens (including phenoxy) is 2. The Hall–Kier alpha value is -2.60. The van der Waals surface area contributed by atoms with Gasteiger partial charge in [0, 0.05) is 12.7 Å². The number of aliphatic hydroxyl groups is 1. The average molecular weight is 399 g/mol. The Morgan fingerprint density at radius 3 is 2.62 bits per heavy atom. The van der Waals surface area contributed by atoms with E-state index >= 15 is 0 Å². The molecule has 1 aliphatic heterocycles. The van der Waals surface area contributed by atoms with Gasteiger partial charge in [-0.2, -0.15) is 0 Å². The second-order valence-electron chi connectivity index (χ2n) is 8.43. The fraction of sp³-hybridized carbons (Fsp3) is 0.478. The molecule has 29 heavy (non-hydrogen) atoms. The number of benzene rings is 1. The third-order valence-corrected chi connectivity index (χ3v) is 4.86. The van der Waals surface area contributed by atoms with Gasteiger partial charge in [0.25, 0.3) is 0 Å². The fourth-order valence-corrected chi connectivity index (χ4v) is 3.22. The highest BCUT2D eigenvalue weighted by molar-refractivity contribution is 5.69. The standard InChI is InChI=1S/C23H30N2O4/c1-23(2,3)29-22(27)25-10-9-20(25)16-28-21-12-18(13-24-14-21)8-7-17-5-4-6-19(11-17)15-26/h4-6,11-14,20,26H,7-10,15-16H2,1-3H3/t20-/m0/s1. The molecule has 3 rings (SSSR count). The molecule has 1 amide bonds. The van der Waals surface area contributed by atoms with Crippen LogP contribution in [0.1, 0.15) is 43.9 Å². The number of carbonyl (C=O) groups excluding carboxylic acids is 1. The van der Waals surface area contributed by atoms with Gasteiger partial charge in [0.15, 0.2) is 0 Å². The smallest absolute Gasteiger partial charge is 0.410 e. The monoisotopic (exact) mass is 398 g/mol. The number of amides is 1. The number of aromatic nitrogens is 1. The topological polar surface area (TPSA) is 71.9 Å². The Bertz CT molecular complexity index is 832. The van der Waals surface area contributed by atoms with Gasteiger partial charge in [-0.05, 0) is 62.8 Å². The first-order chi connectivity index (χ1) is 13.8. The van der Waals surface area contributed by atoms with Gasteiger partial charge >= 0.3 is 6.09 Å². The molecule has 0 spiro atoms. The summed E-state index contributed by atoms with van der Waals surface area (Å²) in [5, 5.41) is 9.26. The van der Waals surface area contributed by atoms with Crippen molar-refractivity contribution >= 4 is 6.09 Å². The highest BCUT2D eigenvalue weighted by Crippen LogP contribution is 2.23. The normalized spacial score (nSPS) is 16.3. The molecule has 0 aliphatic carbocycles. The zero-order valence-corrected chi connectivity index (χ0v) is 17.4. The first-order valence-corrected chi connectivity index (χ1v) is 10.1. The third-order valence-electron chi connectivity index (χ3n) is 4.86. The number of hydrogen-bond donors (Lipinski definition) is 1. The van der Waals surface area contributed by atoms with Crippen molar-refractivity contribution in [3.05, 3.63) is 59.4 Å². The highest BCUT2D eigenvalue weighted by atomic mass is 16.6. The fourth-order valence-electron chi connectivity index (χ4n) is 3.22. The summed E-state index contributed by atoms with van der Waals surface area (Å²) in [7, 11) is 0. The number of likely N-dealkylation sites (tertiary alicyclic amines) is 1. The molecule has 1 N–H and O–H groups in total. The van der Waals surface area contributed by atoms with Crippen molar-refractivity contribution in [1.29, 1.82) is 0 Å². The Balaban J connectivity index is 1.50. The molecule has 2 aromatic rings. The molecule has 1 aromatic heterocycles. The van der Waals surface area contributed by atoms with Gasteiger partial charge in [-0.25, -0.2) is 4.79 Å². The number of aryl methyl sites for hydroxylation is 2. The van der Waals surface area contributed by atoms with Crippen LogP contribution in [0.5, 0.6) is 5.75 Å². The lowest BCUT2D eigenvalue weighted by atomic mass is 10.0. The largest absolute Gasteiger partial charge is 0.490 e. The van der Waals surface area contributed by atoms with Crippen LogP contribution in [-0.4, -0.2) is 45.9 Å². The van der Waals surface area contributed by atoms with Crippen LogP contribution in [0.4, 0.5) is 4.79 Å². The van der Waals surface area contributed by atoms with E-state index in [1.165, 1.54) is 5.56 Å². The van der Waals surface area contributed by atoms with Crippen LogP contribution in [0, 0.1) is 0 Å². The van der Waals surface area contributed by atoms with Gasteiger partial charge in [0.2, 0.25) is 0 Å². The third kappa shape index (κ3) is 6.19. The molecule has 2 heterocycles. The maximum absolute atomic E-state index is 12.2. The van der Waals surface area contributed by atoms with E-state index in [1.54, 1.807) is 11.1 Å². The lowest BCUT2D eigenvalue weighted by Crippen LogP contribution is -2.55. The van der Waals surface area contributed by atoms with Crippen molar-refractivity contribution in [2.24, 2.45) is 0 Å². The van der Waals surface area contributed by atoms with Crippen LogP contribution in [-0.2, 0) is 24.2 Å². The molecule has 156 valence electrons. The summed E-state index contributed by atoms with van der Waals surface area (Å²) in [5.74, 6) is 0.711. The Morgan fingerprint density at radius 2 is 1.93 bits per heavy atom. The van der Waals surface area contributed by atoms with E-state index in [9.17, 15) is 9.90 Å². The molecule has 0 bridgehead atoms. The number of carbonyl (C=O) groups is 1. The van der Waals surface area contributed by atoms with E-state index in [2.05, 4.69) is 11.1 Å². The van der Waals surface area contributed by atoms with Crippen molar-refractivity contribution < 1.29 is 19.4 Å². The minimum atomic E-state index is -0.493. The predicted octanol–water partition coefficient (Wildman–Crippen LogP) is 3.75. The molecule has 1 fully saturated rings. The second-order valence-corrected chi connectivity index (χ2v) is 8.43.